The van der Waals surface area contributed by atoms with Crippen molar-refractivity contribution in [2.75, 3.05) is 6.26 Å². The van der Waals surface area contributed by atoms with Gasteiger partial charge >= 0.3 is 0 Å². The van der Waals surface area contributed by atoms with Gasteiger partial charge in [0.15, 0.2) is 0 Å². The van der Waals surface area contributed by atoms with E-state index in [4.69, 9.17) is 0 Å². The van der Waals surface area contributed by atoms with E-state index in [2.05, 4.69) is 56.6 Å². The molecule has 0 aliphatic heterocycles. The van der Waals surface area contributed by atoms with Crippen molar-refractivity contribution in [3.05, 3.63) is 29.8 Å². The van der Waals surface area contributed by atoms with E-state index < -0.39 is 0 Å². The fourth-order valence-electron chi connectivity index (χ4n) is 1.56. The highest BCUT2D eigenvalue weighted by Gasteiger charge is 2.17. The van der Waals surface area contributed by atoms with Crippen molar-refractivity contribution in [2.24, 2.45) is 0 Å². The molecule has 0 amide bonds. The molecule has 90 valence electrons. The number of rotatable bonds is 6. The maximum atomic E-state index is 3.64. The van der Waals surface area contributed by atoms with Crippen LogP contribution in [-0.2, 0) is 6.54 Å². The summed E-state index contributed by atoms with van der Waals surface area (Å²) in [6, 6.07) is 8.81. The maximum absolute atomic E-state index is 3.64. The molecule has 1 N–H and O–H groups in total. The molecule has 0 aliphatic carbocycles. The molecule has 0 radical (unpaired) electrons. The van der Waals surface area contributed by atoms with Crippen molar-refractivity contribution < 1.29 is 0 Å². The first-order valence-electron chi connectivity index (χ1n) is 6.01. The minimum atomic E-state index is 0.276. The van der Waals surface area contributed by atoms with Gasteiger partial charge in [-0.15, -0.1) is 11.8 Å². The van der Waals surface area contributed by atoms with Crippen LogP contribution in [0.1, 0.15) is 39.2 Å². The molecule has 16 heavy (non-hydrogen) atoms. The highest BCUT2D eigenvalue weighted by Crippen LogP contribution is 2.17. The summed E-state index contributed by atoms with van der Waals surface area (Å²) in [5.41, 5.74) is 1.64. The van der Waals surface area contributed by atoms with Crippen LogP contribution < -0.4 is 5.32 Å². The number of hydrogen-bond acceptors (Lipinski definition) is 2. The van der Waals surface area contributed by atoms with E-state index in [0.717, 1.165) is 6.54 Å². The van der Waals surface area contributed by atoms with Gasteiger partial charge in [0, 0.05) is 17.0 Å². The number of thioether (sulfide) groups is 1. The van der Waals surface area contributed by atoms with Crippen molar-refractivity contribution in [3.63, 3.8) is 0 Å². The van der Waals surface area contributed by atoms with Crippen LogP contribution in [0, 0.1) is 0 Å². The van der Waals surface area contributed by atoms with Gasteiger partial charge in [-0.05, 0) is 43.7 Å². The average Bonchev–Trinajstić information content (AvgIpc) is 2.36. The van der Waals surface area contributed by atoms with Crippen LogP contribution in [0.15, 0.2) is 29.2 Å². The Balaban J connectivity index is 2.54. The van der Waals surface area contributed by atoms with E-state index in [1.807, 2.05) is 0 Å². The van der Waals surface area contributed by atoms with Crippen LogP contribution in [0.5, 0.6) is 0 Å². The summed E-state index contributed by atoms with van der Waals surface area (Å²) in [5.74, 6) is 0. The molecule has 0 unspecified atom stereocenters. The summed E-state index contributed by atoms with van der Waals surface area (Å²) in [4.78, 5) is 1.33. The van der Waals surface area contributed by atoms with E-state index in [9.17, 15) is 0 Å². The zero-order valence-corrected chi connectivity index (χ0v) is 11.7. The number of nitrogens with one attached hydrogen (secondary N) is 1. The first-order chi connectivity index (χ1) is 7.63. The third-order valence-electron chi connectivity index (χ3n) is 3.44. The lowest BCUT2D eigenvalue weighted by Gasteiger charge is -2.28. The zero-order chi connectivity index (χ0) is 12.0. The third kappa shape index (κ3) is 3.84. The molecule has 2 heteroatoms. The lowest BCUT2D eigenvalue weighted by atomic mass is 9.95. The lowest BCUT2D eigenvalue weighted by Crippen LogP contribution is -2.40. The normalized spacial score (nSPS) is 11.8. The van der Waals surface area contributed by atoms with Gasteiger partial charge in [0.1, 0.15) is 0 Å². The van der Waals surface area contributed by atoms with Crippen LogP contribution >= 0.6 is 11.8 Å². The third-order valence-corrected chi connectivity index (χ3v) is 4.18. The monoisotopic (exact) mass is 237 g/mol. The molecule has 0 aromatic heterocycles. The number of hydrogen-bond donors (Lipinski definition) is 1. The largest absolute Gasteiger partial charge is 0.307 e. The van der Waals surface area contributed by atoms with Crippen LogP contribution in [0.2, 0.25) is 0 Å². The van der Waals surface area contributed by atoms with E-state index >= 15 is 0 Å². The fourth-order valence-corrected chi connectivity index (χ4v) is 1.97. The zero-order valence-electron chi connectivity index (χ0n) is 10.8. The molecule has 1 aromatic carbocycles. The fraction of sp³-hybridized carbons (Fsp3) is 0.571. The second-order valence-corrected chi connectivity index (χ2v) is 5.35. The highest BCUT2D eigenvalue weighted by molar-refractivity contribution is 7.98. The molecular formula is C14H23NS. The van der Waals surface area contributed by atoms with E-state index in [1.165, 1.54) is 23.3 Å². The predicted octanol–water partition coefficient (Wildman–Crippen LogP) is 4.08. The van der Waals surface area contributed by atoms with Crippen LogP contribution in [0.3, 0.4) is 0 Å². The maximum Gasteiger partial charge on any atom is 0.0210 e. The molecule has 0 bridgehead atoms. The summed E-state index contributed by atoms with van der Waals surface area (Å²) in [6.07, 6.45) is 4.46. The number of benzene rings is 1. The Morgan fingerprint density at radius 1 is 1.12 bits per heavy atom. The quantitative estimate of drug-likeness (QED) is 0.748. The summed E-state index contributed by atoms with van der Waals surface area (Å²) in [7, 11) is 0. The standard InChI is InChI=1S/C14H23NS/c1-5-14(3,6-2)15-11-12-7-9-13(16-4)10-8-12/h7-10,15H,5-6,11H2,1-4H3. The Morgan fingerprint density at radius 3 is 2.12 bits per heavy atom. The van der Waals surface area contributed by atoms with Gasteiger partial charge in [0.2, 0.25) is 0 Å². The van der Waals surface area contributed by atoms with Crippen LogP contribution in [0.4, 0.5) is 0 Å². The topological polar surface area (TPSA) is 12.0 Å². The van der Waals surface area contributed by atoms with E-state index in [-0.39, 0.29) is 5.54 Å². The van der Waals surface area contributed by atoms with Gasteiger partial charge in [-0.25, -0.2) is 0 Å². The molecule has 0 spiro atoms. The molecule has 0 heterocycles. The van der Waals surface area contributed by atoms with Gasteiger partial charge in [0.05, 0.1) is 0 Å². The molecule has 0 atom stereocenters. The minimum Gasteiger partial charge on any atom is -0.307 e. The van der Waals surface area contributed by atoms with Crippen molar-refractivity contribution in [3.8, 4) is 0 Å². The molecular weight excluding hydrogens is 214 g/mol. The Morgan fingerprint density at radius 2 is 1.69 bits per heavy atom. The Labute approximate surface area is 104 Å². The van der Waals surface area contributed by atoms with Crippen LogP contribution in [0.25, 0.3) is 0 Å². The Kier molecular flexibility index (Phi) is 5.36. The second-order valence-electron chi connectivity index (χ2n) is 4.47. The van der Waals surface area contributed by atoms with Gasteiger partial charge in [-0.2, -0.15) is 0 Å². The molecule has 1 nitrogen and oxygen atoms in total. The average molecular weight is 237 g/mol. The van der Waals surface area contributed by atoms with Gasteiger partial charge in [0.25, 0.3) is 0 Å². The van der Waals surface area contributed by atoms with Crippen LogP contribution in [-0.4, -0.2) is 11.8 Å². The Hall–Kier alpha value is -0.470. The minimum absolute atomic E-state index is 0.276. The van der Waals surface area contributed by atoms with Gasteiger partial charge < -0.3 is 5.32 Å². The first kappa shape index (κ1) is 13.6. The second kappa shape index (κ2) is 6.31. The molecule has 1 aromatic rings. The SMILES string of the molecule is CCC(C)(CC)NCc1ccc(SC)cc1. The molecule has 1 rings (SSSR count). The molecule has 0 saturated heterocycles. The van der Waals surface area contributed by atoms with E-state index in [0.29, 0.717) is 0 Å². The first-order valence-corrected chi connectivity index (χ1v) is 7.24. The summed E-state index contributed by atoms with van der Waals surface area (Å²) in [6.45, 7) is 7.75. The van der Waals surface area contributed by atoms with Crippen molar-refractivity contribution in [1.29, 1.82) is 0 Å². The van der Waals surface area contributed by atoms with Crippen molar-refractivity contribution in [2.45, 2.75) is 50.6 Å². The smallest absolute Gasteiger partial charge is 0.0210 e. The van der Waals surface area contributed by atoms with Gasteiger partial charge in [-0.1, -0.05) is 26.0 Å². The molecule has 0 saturated carbocycles. The van der Waals surface area contributed by atoms with Crippen molar-refractivity contribution in [1.82, 2.24) is 5.32 Å². The summed E-state index contributed by atoms with van der Waals surface area (Å²) >= 11 is 1.79. The van der Waals surface area contributed by atoms with E-state index in [1.54, 1.807) is 11.8 Å². The Bertz CT molecular complexity index is 301. The molecule has 0 aliphatic rings. The molecule has 0 fully saturated rings. The van der Waals surface area contributed by atoms with Gasteiger partial charge in [-0.3, -0.25) is 0 Å². The lowest BCUT2D eigenvalue weighted by molar-refractivity contribution is 0.329. The van der Waals surface area contributed by atoms with Crippen molar-refractivity contribution >= 4 is 11.8 Å². The predicted molar refractivity (Wildman–Crippen MR) is 74.0 cm³/mol. The summed E-state index contributed by atoms with van der Waals surface area (Å²) < 4.78 is 0. The summed E-state index contributed by atoms with van der Waals surface area (Å²) in [5, 5.41) is 3.64. The highest BCUT2D eigenvalue weighted by atomic mass is 32.2.